The predicted molar refractivity (Wildman–Crippen MR) is 76.2 cm³/mol. The lowest BCUT2D eigenvalue weighted by molar-refractivity contribution is 0.0970. The number of carbonyl (C=O) groups is 1. The molecule has 0 saturated heterocycles. The monoisotopic (exact) mass is 270 g/mol. The molecule has 0 saturated carbocycles. The van der Waals surface area contributed by atoms with Gasteiger partial charge in [0.05, 0.1) is 25.7 Å². The molecule has 0 N–H and O–H groups in total. The molecule has 1 aliphatic carbocycles. The van der Waals surface area contributed by atoms with Gasteiger partial charge in [-0.05, 0) is 37.8 Å². The number of rotatable bonds is 4. The zero-order valence-electron chi connectivity index (χ0n) is 11.6. The van der Waals surface area contributed by atoms with Crippen molar-refractivity contribution >= 4 is 5.78 Å². The first-order valence-electron chi connectivity index (χ1n) is 6.98. The van der Waals surface area contributed by atoms with E-state index in [9.17, 15) is 4.79 Å². The lowest BCUT2D eigenvalue weighted by Crippen LogP contribution is -2.14. The Morgan fingerprint density at radius 2 is 2.20 bits per heavy atom. The predicted octanol–water partition coefficient (Wildman–Crippen LogP) is 2.65. The number of benzene rings is 1. The highest BCUT2D eigenvalue weighted by Crippen LogP contribution is 2.20. The lowest BCUT2D eigenvalue weighted by atomic mass is 10.0. The first-order chi connectivity index (χ1) is 9.78. The third-order valence-corrected chi connectivity index (χ3v) is 3.82. The standard InChI is InChI=1S/C16H18N2O2/c1-20-13-6-4-5-12(9-13)16(19)10-18-11-17-14-7-2-3-8-15(14)18/h4-6,9,11H,2-3,7-8,10H2,1H3. The van der Waals surface area contributed by atoms with Gasteiger partial charge < -0.3 is 9.30 Å². The molecule has 0 unspecified atom stereocenters. The molecule has 0 bridgehead atoms. The van der Waals surface area contributed by atoms with Gasteiger partial charge in [0.2, 0.25) is 0 Å². The average molecular weight is 270 g/mol. The van der Waals surface area contributed by atoms with Gasteiger partial charge in [-0.2, -0.15) is 0 Å². The molecule has 0 amide bonds. The molecule has 3 rings (SSSR count). The van der Waals surface area contributed by atoms with Crippen molar-refractivity contribution in [2.75, 3.05) is 7.11 Å². The summed E-state index contributed by atoms with van der Waals surface area (Å²) in [5, 5.41) is 0. The number of nitrogens with zero attached hydrogens (tertiary/aromatic N) is 2. The highest BCUT2D eigenvalue weighted by Gasteiger charge is 2.17. The van der Waals surface area contributed by atoms with Crippen LogP contribution in [0.25, 0.3) is 0 Å². The Kier molecular flexibility index (Phi) is 3.54. The van der Waals surface area contributed by atoms with Gasteiger partial charge in [-0.3, -0.25) is 4.79 Å². The Bertz CT molecular complexity index is 631. The van der Waals surface area contributed by atoms with Crippen molar-refractivity contribution in [3.8, 4) is 5.75 Å². The number of aryl methyl sites for hydroxylation is 1. The molecule has 0 spiro atoms. The van der Waals surface area contributed by atoms with E-state index < -0.39 is 0 Å². The number of hydrogen-bond donors (Lipinski definition) is 0. The van der Waals surface area contributed by atoms with Gasteiger partial charge in [-0.15, -0.1) is 0 Å². The van der Waals surface area contributed by atoms with Crippen LogP contribution in [0.15, 0.2) is 30.6 Å². The maximum atomic E-state index is 12.4. The van der Waals surface area contributed by atoms with E-state index in [4.69, 9.17) is 4.74 Å². The van der Waals surface area contributed by atoms with Gasteiger partial charge in [0.25, 0.3) is 0 Å². The van der Waals surface area contributed by atoms with Crippen LogP contribution in [0.4, 0.5) is 0 Å². The number of Topliss-reactive ketones (excluding diaryl/α,β-unsaturated/α-hetero) is 1. The fraction of sp³-hybridized carbons (Fsp3) is 0.375. The fourth-order valence-electron chi connectivity index (χ4n) is 2.71. The highest BCUT2D eigenvalue weighted by atomic mass is 16.5. The van der Waals surface area contributed by atoms with Gasteiger partial charge in [0.15, 0.2) is 5.78 Å². The minimum atomic E-state index is 0.0923. The minimum absolute atomic E-state index is 0.0923. The van der Waals surface area contributed by atoms with Crippen LogP contribution < -0.4 is 4.74 Å². The van der Waals surface area contributed by atoms with Crippen molar-refractivity contribution in [3.63, 3.8) is 0 Å². The molecule has 2 aromatic rings. The maximum Gasteiger partial charge on any atom is 0.182 e. The average Bonchev–Trinajstić information content (AvgIpc) is 2.90. The van der Waals surface area contributed by atoms with Crippen molar-refractivity contribution in [1.82, 2.24) is 9.55 Å². The number of imidazole rings is 1. The first kappa shape index (κ1) is 12.9. The number of aromatic nitrogens is 2. The third kappa shape index (κ3) is 2.46. The largest absolute Gasteiger partial charge is 0.497 e. The Labute approximate surface area is 118 Å². The van der Waals surface area contributed by atoms with Crippen molar-refractivity contribution in [3.05, 3.63) is 47.5 Å². The molecule has 104 valence electrons. The molecular weight excluding hydrogens is 252 g/mol. The Morgan fingerprint density at radius 1 is 1.35 bits per heavy atom. The fourth-order valence-corrected chi connectivity index (χ4v) is 2.71. The van der Waals surface area contributed by atoms with Crippen molar-refractivity contribution in [2.45, 2.75) is 32.2 Å². The molecule has 1 aromatic carbocycles. The second-order valence-electron chi connectivity index (χ2n) is 5.13. The van der Waals surface area contributed by atoms with E-state index in [1.807, 2.05) is 22.8 Å². The summed E-state index contributed by atoms with van der Waals surface area (Å²) >= 11 is 0. The summed E-state index contributed by atoms with van der Waals surface area (Å²) in [6, 6.07) is 7.30. The number of methoxy groups -OCH3 is 1. The van der Waals surface area contributed by atoms with E-state index in [0.717, 1.165) is 18.5 Å². The molecule has 0 atom stereocenters. The Morgan fingerprint density at radius 3 is 3.05 bits per heavy atom. The summed E-state index contributed by atoms with van der Waals surface area (Å²) in [5.41, 5.74) is 3.07. The van der Waals surface area contributed by atoms with E-state index in [2.05, 4.69) is 4.98 Å². The van der Waals surface area contributed by atoms with Crippen molar-refractivity contribution in [1.29, 1.82) is 0 Å². The highest BCUT2D eigenvalue weighted by molar-refractivity contribution is 5.96. The Hall–Kier alpha value is -2.10. The van der Waals surface area contributed by atoms with Gasteiger partial charge in [0.1, 0.15) is 5.75 Å². The smallest absolute Gasteiger partial charge is 0.182 e. The van der Waals surface area contributed by atoms with E-state index >= 15 is 0 Å². The van der Waals surface area contributed by atoms with Gasteiger partial charge in [0, 0.05) is 11.3 Å². The summed E-state index contributed by atoms with van der Waals surface area (Å²) < 4.78 is 7.16. The zero-order chi connectivity index (χ0) is 13.9. The number of ketones is 1. The van der Waals surface area contributed by atoms with Gasteiger partial charge >= 0.3 is 0 Å². The first-order valence-corrected chi connectivity index (χ1v) is 6.98. The summed E-state index contributed by atoms with van der Waals surface area (Å²) in [5.74, 6) is 0.804. The molecular formula is C16H18N2O2. The molecule has 0 aliphatic heterocycles. The molecule has 0 radical (unpaired) electrons. The van der Waals surface area contributed by atoms with Crippen LogP contribution >= 0.6 is 0 Å². The quantitative estimate of drug-likeness (QED) is 0.802. The number of carbonyl (C=O) groups excluding carboxylic acids is 1. The second kappa shape index (κ2) is 5.49. The van der Waals surface area contributed by atoms with E-state index in [1.54, 1.807) is 19.5 Å². The lowest BCUT2D eigenvalue weighted by Gasteiger charge is -2.13. The van der Waals surface area contributed by atoms with E-state index in [-0.39, 0.29) is 5.78 Å². The van der Waals surface area contributed by atoms with Crippen molar-refractivity contribution < 1.29 is 9.53 Å². The molecule has 1 aliphatic rings. The van der Waals surface area contributed by atoms with E-state index in [0.29, 0.717) is 17.9 Å². The molecule has 0 fully saturated rings. The second-order valence-corrected chi connectivity index (χ2v) is 5.13. The normalized spacial score (nSPS) is 13.8. The molecule has 1 aromatic heterocycles. The van der Waals surface area contributed by atoms with Crippen LogP contribution in [-0.4, -0.2) is 22.4 Å². The van der Waals surface area contributed by atoms with Crippen LogP contribution in [-0.2, 0) is 19.4 Å². The van der Waals surface area contributed by atoms with Crippen LogP contribution in [0, 0.1) is 0 Å². The maximum absolute atomic E-state index is 12.4. The molecule has 4 heteroatoms. The number of fused-ring (bicyclic) bond motifs is 1. The van der Waals surface area contributed by atoms with Crippen molar-refractivity contribution in [2.24, 2.45) is 0 Å². The summed E-state index contributed by atoms with van der Waals surface area (Å²) in [6.45, 7) is 0.357. The summed E-state index contributed by atoms with van der Waals surface area (Å²) in [7, 11) is 1.61. The zero-order valence-corrected chi connectivity index (χ0v) is 11.6. The van der Waals surface area contributed by atoms with Gasteiger partial charge in [-0.1, -0.05) is 12.1 Å². The van der Waals surface area contributed by atoms with E-state index in [1.165, 1.54) is 18.5 Å². The third-order valence-electron chi connectivity index (χ3n) is 3.82. The Balaban J connectivity index is 1.80. The minimum Gasteiger partial charge on any atom is -0.497 e. The summed E-state index contributed by atoms with van der Waals surface area (Å²) in [4.78, 5) is 16.8. The SMILES string of the molecule is COc1cccc(C(=O)Cn2cnc3c2CCCC3)c1. The molecule has 20 heavy (non-hydrogen) atoms. The molecule has 4 nitrogen and oxygen atoms in total. The topological polar surface area (TPSA) is 44.1 Å². The summed E-state index contributed by atoms with van der Waals surface area (Å²) in [6.07, 6.45) is 6.25. The number of hydrogen-bond acceptors (Lipinski definition) is 3. The van der Waals surface area contributed by atoms with Crippen LogP contribution in [0.2, 0.25) is 0 Å². The van der Waals surface area contributed by atoms with Gasteiger partial charge in [-0.25, -0.2) is 4.98 Å². The number of ether oxygens (including phenoxy) is 1. The molecule has 1 heterocycles. The van der Waals surface area contributed by atoms with Crippen LogP contribution in [0.3, 0.4) is 0 Å². The van der Waals surface area contributed by atoms with Crippen LogP contribution in [0.1, 0.15) is 34.6 Å². The van der Waals surface area contributed by atoms with Crippen LogP contribution in [0.5, 0.6) is 5.75 Å².